The number of hydrogen-bond donors (Lipinski definition) is 1. The summed E-state index contributed by atoms with van der Waals surface area (Å²) in [5.41, 5.74) is 0.893. The summed E-state index contributed by atoms with van der Waals surface area (Å²) in [6.45, 7) is 1.35. The van der Waals surface area contributed by atoms with Crippen LogP contribution in [0.2, 0.25) is 0 Å². The normalized spacial score (nSPS) is 19.7. The zero-order chi connectivity index (χ0) is 20.5. The second-order valence-electron chi connectivity index (χ2n) is 7.56. The van der Waals surface area contributed by atoms with Crippen LogP contribution in [0.5, 0.6) is 5.75 Å². The fourth-order valence-corrected chi connectivity index (χ4v) is 3.69. The molecule has 1 N–H and O–H groups in total. The standard InChI is InChI=1S/C21H22FN3O4/c1-25(2)7-8-28-17-6-3-13-14(19(17)22)4-5-16-18(13)20(24-29-16)15-9-12(11-26)10-23-21(15)27/h3-6,11-12,15H,7-10H2,1-2H3,(H,23,27)/t12?,15-/m0/s1. The average Bonchev–Trinajstić information content (AvgIpc) is 3.14. The van der Waals surface area contributed by atoms with E-state index in [1.54, 1.807) is 24.3 Å². The van der Waals surface area contributed by atoms with E-state index in [2.05, 4.69) is 10.5 Å². The van der Waals surface area contributed by atoms with Crippen LogP contribution in [-0.4, -0.2) is 56.0 Å². The van der Waals surface area contributed by atoms with Crippen LogP contribution in [0.4, 0.5) is 4.39 Å². The predicted molar refractivity (Wildman–Crippen MR) is 105 cm³/mol. The molecule has 1 fully saturated rings. The third-order valence-electron chi connectivity index (χ3n) is 5.27. The van der Waals surface area contributed by atoms with Crippen LogP contribution in [0.25, 0.3) is 21.7 Å². The molecule has 1 aliphatic heterocycles. The highest BCUT2D eigenvalue weighted by atomic mass is 19.1. The highest BCUT2D eigenvalue weighted by Gasteiger charge is 2.34. The van der Waals surface area contributed by atoms with Crippen LogP contribution < -0.4 is 10.1 Å². The molecule has 2 atom stereocenters. The summed E-state index contributed by atoms with van der Waals surface area (Å²) in [7, 11) is 3.84. The van der Waals surface area contributed by atoms with E-state index in [4.69, 9.17) is 9.26 Å². The maximum absolute atomic E-state index is 15.1. The van der Waals surface area contributed by atoms with Crippen LogP contribution in [-0.2, 0) is 9.59 Å². The summed E-state index contributed by atoms with van der Waals surface area (Å²) in [5, 5.41) is 8.39. The molecule has 7 nitrogen and oxygen atoms in total. The van der Waals surface area contributed by atoms with E-state index in [0.717, 1.165) is 6.29 Å². The van der Waals surface area contributed by atoms with E-state index in [9.17, 15) is 9.59 Å². The number of aromatic nitrogens is 1. The fraction of sp³-hybridized carbons (Fsp3) is 0.381. The third-order valence-corrected chi connectivity index (χ3v) is 5.27. The van der Waals surface area contributed by atoms with Crippen LogP contribution in [0.3, 0.4) is 0 Å². The molecule has 2 heterocycles. The molecule has 2 aromatic carbocycles. The first kappa shape index (κ1) is 19.3. The first-order valence-corrected chi connectivity index (χ1v) is 9.50. The maximum Gasteiger partial charge on any atom is 0.229 e. The molecule has 0 radical (unpaired) electrons. The van der Waals surface area contributed by atoms with Gasteiger partial charge in [0.25, 0.3) is 0 Å². The largest absolute Gasteiger partial charge is 0.489 e. The molecular formula is C21H22FN3O4. The van der Waals surface area contributed by atoms with E-state index < -0.39 is 11.7 Å². The van der Waals surface area contributed by atoms with Gasteiger partial charge in [0.2, 0.25) is 5.91 Å². The number of nitrogens with zero attached hydrogens (tertiary/aromatic N) is 2. The van der Waals surface area contributed by atoms with E-state index in [-0.39, 0.29) is 17.6 Å². The molecular weight excluding hydrogens is 377 g/mol. The number of fused-ring (bicyclic) bond motifs is 3. The summed E-state index contributed by atoms with van der Waals surface area (Å²) < 4.78 is 26.1. The van der Waals surface area contributed by atoms with Crippen LogP contribution in [0.1, 0.15) is 18.0 Å². The van der Waals surface area contributed by atoms with Gasteiger partial charge in [0, 0.05) is 24.4 Å². The lowest BCUT2D eigenvalue weighted by Gasteiger charge is -2.24. The Balaban J connectivity index is 1.77. The second kappa shape index (κ2) is 7.79. The van der Waals surface area contributed by atoms with Crippen molar-refractivity contribution < 1.29 is 23.2 Å². The number of likely N-dealkylation sites (N-methyl/N-ethyl adjacent to an activating group) is 1. The van der Waals surface area contributed by atoms with Crippen molar-refractivity contribution >= 4 is 33.9 Å². The molecule has 1 aliphatic rings. The molecule has 3 aromatic rings. The van der Waals surface area contributed by atoms with E-state index in [0.29, 0.717) is 53.6 Å². The van der Waals surface area contributed by atoms with Gasteiger partial charge in [-0.1, -0.05) is 5.16 Å². The Morgan fingerprint density at radius 2 is 2.10 bits per heavy atom. The molecule has 1 aromatic heterocycles. The number of rotatable bonds is 6. The zero-order valence-electron chi connectivity index (χ0n) is 16.3. The Morgan fingerprint density at radius 3 is 2.86 bits per heavy atom. The van der Waals surface area contributed by atoms with E-state index in [1.165, 1.54) is 0 Å². The van der Waals surface area contributed by atoms with Gasteiger partial charge in [0.05, 0.1) is 11.3 Å². The molecule has 0 saturated carbocycles. The lowest BCUT2D eigenvalue weighted by Crippen LogP contribution is -2.41. The Hall–Kier alpha value is -3.00. The van der Waals surface area contributed by atoms with Gasteiger partial charge in [0.15, 0.2) is 17.1 Å². The SMILES string of the molecule is CN(C)CCOc1ccc2c(ccc3onc([C@@H]4CC(C=O)CNC4=O)c32)c1F. The molecule has 0 spiro atoms. The number of amides is 1. The summed E-state index contributed by atoms with van der Waals surface area (Å²) in [5.74, 6) is -1.40. The number of hydrogen-bond acceptors (Lipinski definition) is 6. The van der Waals surface area contributed by atoms with Crippen LogP contribution in [0.15, 0.2) is 28.8 Å². The predicted octanol–water partition coefficient (Wildman–Crippen LogP) is 2.48. The van der Waals surface area contributed by atoms with Gasteiger partial charge in [-0.15, -0.1) is 0 Å². The summed E-state index contributed by atoms with van der Waals surface area (Å²) in [6.07, 6.45) is 1.19. The number of piperidine rings is 1. The Kier molecular flexibility index (Phi) is 5.19. The highest BCUT2D eigenvalue weighted by Crippen LogP contribution is 2.38. The molecule has 0 bridgehead atoms. The lowest BCUT2D eigenvalue weighted by molar-refractivity contribution is -0.125. The van der Waals surface area contributed by atoms with Crippen molar-refractivity contribution in [2.75, 3.05) is 33.8 Å². The summed E-state index contributed by atoms with van der Waals surface area (Å²) in [6, 6.07) is 6.60. The van der Waals surface area contributed by atoms with Gasteiger partial charge in [-0.3, -0.25) is 4.79 Å². The number of carbonyl (C=O) groups is 2. The van der Waals surface area contributed by atoms with Crippen molar-refractivity contribution in [2.24, 2.45) is 5.92 Å². The first-order chi connectivity index (χ1) is 14.0. The second-order valence-corrected chi connectivity index (χ2v) is 7.56. The molecule has 1 saturated heterocycles. The molecule has 0 aliphatic carbocycles. The average molecular weight is 399 g/mol. The fourth-order valence-electron chi connectivity index (χ4n) is 3.69. The molecule has 8 heteroatoms. The Labute approximate surface area is 166 Å². The Bertz CT molecular complexity index is 1080. The highest BCUT2D eigenvalue weighted by molar-refractivity contribution is 6.09. The van der Waals surface area contributed by atoms with Crippen molar-refractivity contribution in [3.8, 4) is 5.75 Å². The van der Waals surface area contributed by atoms with Gasteiger partial charge >= 0.3 is 0 Å². The van der Waals surface area contributed by atoms with Crippen LogP contribution in [0, 0.1) is 11.7 Å². The van der Waals surface area contributed by atoms with Gasteiger partial charge in [-0.2, -0.15) is 0 Å². The number of carbonyl (C=O) groups excluding carboxylic acids is 2. The molecule has 4 rings (SSSR count). The van der Waals surface area contributed by atoms with Crippen molar-refractivity contribution in [2.45, 2.75) is 12.3 Å². The number of halogens is 1. The number of nitrogens with one attached hydrogen (secondary N) is 1. The minimum atomic E-state index is -0.620. The number of aldehydes is 1. The molecule has 29 heavy (non-hydrogen) atoms. The maximum atomic E-state index is 15.1. The smallest absolute Gasteiger partial charge is 0.229 e. The first-order valence-electron chi connectivity index (χ1n) is 9.50. The number of ether oxygens (including phenoxy) is 1. The lowest BCUT2D eigenvalue weighted by atomic mass is 9.86. The third kappa shape index (κ3) is 3.55. The quantitative estimate of drug-likeness (QED) is 0.641. The van der Waals surface area contributed by atoms with Crippen molar-refractivity contribution in [3.63, 3.8) is 0 Å². The van der Waals surface area contributed by atoms with Gasteiger partial charge < -0.3 is 24.3 Å². The minimum Gasteiger partial charge on any atom is -0.489 e. The van der Waals surface area contributed by atoms with Crippen molar-refractivity contribution in [3.05, 3.63) is 35.8 Å². The van der Waals surface area contributed by atoms with E-state index in [1.807, 2.05) is 19.0 Å². The van der Waals surface area contributed by atoms with Gasteiger partial charge in [0.1, 0.15) is 18.6 Å². The molecule has 152 valence electrons. The number of benzene rings is 2. The van der Waals surface area contributed by atoms with Gasteiger partial charge in [-0.25, -0.2) is 4.39 Å². The van der Waals surface area contributed by atoms with E-state index >= 15 is 4.39 Å². The molecule has 1 amide bonds. The van der Waals surface area contributed by atoms with Crippen molar-refractivity contribution in [1.82, 2.24) is 15.4 Å². The molecule has 1 unspecified atom stereocenters. The summed E-state index contributed by atoms with van der Waals surface area (Å²) >= 11 is 0. The summed E-state index contributed by atoms with van der Waals surface area (Å²) in [4.78, 5) is 25.6. The zero-order valence-corrected chi connectivity index (χ0v) is 16.3. The monoisotopic (exact) mass is 399 g/mol. The van der Waals surface area contributed by atoms with Crippen molar-refractivity contribution in [1.29, 1.82) is 0 Å². The van der Waals surface area contributed by atoms with Gasteiger partial charge in [-0.05, 0) is 50.2 Å². The Morgan fingerprint density at radius 1 is 1.31 bits per heavy atom. The van der Waals surface area contributed by atoms with Crippen LogP contribution >= 0.6 is 0 Å². The minimum absolute atomic E-state index is 0.174. The topological polar surface area (TPSA) is 84.7 Å².